The van der Waals surface area contributed by atoms with Gasteiger partial charge in [-0.2, -0.15) is 0 Å². The van der Waals surface area contributed by atoms with Crippen molar-refractivity contribution in [1.82, 2.24) is 5.32 Å². The Morgan fingerprint density at radius 2 is 1.63 bits per heavy atom. The van der Waals surface area contributed by atoms with E-state index in [0.29, 0.717) is 0 Å². The van der Waals surface area contributed by atoms with Gasteiger partial charge in [-0.1, -0.05) is 49.9 Å². The topological polar surface area (TPSA) is 12.0 Å². The van der Waals surface area contributed by atoms with Gasteiger partial charge in [0.2, 0.25) is 0 Å². The van der Waals surface area contributed by atoms with Crippen molar-refractivity contribution in [3.8, 4) is 0 Å². The zero-order valence-corrected chi connectivity index (χ0v) is 12.3. The summed E-state index contributed by atoms with van der Waals surface area (Å²) >= 11 is 0. The molecule has 1 aromatic rings. The lowest BCUT2D eigenvalue weighted by molar-refractivity contribution is 0.434. The van der Waals surface area contributed by atoms with Crippen LogP contribution in [0.2, 0.25) is 0 Å². The molecule has 0 amide bonds. The van der Waals surface area contributed by atoms with Crippen molar-refractivity contribution in [1.29, 1.82) is 0 Å². The summed E-state index contributed by atoms with van der Waals surface area (Å²) in [5, 5.41) is 3.66. The summed E-state index contributed by atoms with van der Waals surface area (Å²) in [7, 11) is 0. The van der Waals surface area contributed by atoms with Crippen LogP contribution < -0.4 is 5.32 Å². The third-order valence-corrected chi connectivity index (χ3v) is 5.24. The molecule has 104 valence electrons. The molecule has 1 aliphatic heterocycles. The molecule has 1 aromatic carbocycles. The molecule has 1 unspecified atom stereocenters. The minimum absolute atomic E-state index is 0.224. The van der Waals surface area contributed by atoms with Crippen LogP contribution in [0.15, 0.2) is 24.3 Å². The van der Waals surface area contributed by atoms with Crippen LogP contribution in [0.25, 0.3) is 0 Å². The smallest absolute Gasteiger partial charge is 0.0406 e. The zero-order chi connectivity index (χ0) is 13.1. The molecule has 2 fully saturated rings. The highest BCUT2D eigenvalue weighted by Crippen LogP contribution is 2.34. The second-order valence-corrected chi connectivity index (χ2v) is 6.67. The van der Waals surface area contributed by atoms with Gasteiger partial charge in [-0.3, -0.25) is 0 Å². The normalized spacial score (nSPS) is 29.3. The SMILES string of the molecule is CC1(c2ccc(C3CCCCCC3)cc2)CCCN1. The second kappa shape index (κ2) is 5.66. The van der Waals surface area contributed by atoms with Gasteiger partial charge in [0.1, 0.15) is 0 Å². The summed E-state index contributed by atoms with van der Waals surface area (Å²) in [5.41, 5.74) is 3.27. The Labute approximate surface area is 117 Å². The average Bonchev–Trinajstić information content (AvgIpc) is 2.73. The van der Waals surface area contributed by atoms with Gasteiger partial charge in [0, 0.05) is 5.54 Å². The third-order valence-electron chi connectivity index (χ3n) is 5.24. The summed E-state index contributed by atoms with van der Waals surface area (Å²) in [4.78, 5) is 0. The summed E-state index contributed by atoms with van der Waals surface area (Å²) in [6.45, 7) is 3.52. The molecule has 3 rings (SSSR count). The predicted octanol–water partition coefficient (Wildman–Crippen LogP) is 4.72. The molecule has 1 saturated carbocycles. The fourth-order valence-corrected chi connectivity index (χ4v) is 3.88. The lowest BCUT2D eigenvalue weighted by Crippen LogP contribution is -2.33. The van der Waals surface area contributed by atoms with Gasteiger partial charge >= 0.3 is 0 Å². The van der Waals surface area contributed by atoms with Crippen molar-refractivity contribution in [3.05, 3.63) is 35.4 Å². The average molecular weight is 257 g/mol. The summed E-state index contributed by atoms with van der Waals surface area (Å²) in [6.07, 6.45) is 11.1. The van der Waals surface area contributed by atoms with Crippen LogP contribution in [-0.4, -0.2) is 6.54 Å². The van der Waals surface area contributed by atoms with Crippen LogP contribution >= 0.6 is 0 Å². The Hall–Kier alpha value is -0.820. The number of nitrogens with one attached hydrogen (secondary N) is 1. The van der Waals surface area contributed by atoms with Gasteiger partial charge in [0.15, 0.2) is 0 Å². The predicted molar refractivity (Wildman–Crippen MR) is 81.5 cm³/mol. The first kappa shape index (κ1) is 13.2. The summed E-state index contributed by atoms with van der Waals surface area (Å²) < 4.78 is 0. The molecule has 1 N–H and O–H groups in total. The standard InChI is InChI=1S/C18H27N/c1-18(13-6-14-19-18)17-11-9-16(10-12-17)15-7-4-2-3-5-8-15/h9-12,15,19H,2-8,13-14H2,1H3. The highest BCUT2D eigenvalue weighted by atomic mass is 15.0. The van der Waals surface area contributed by atoms with Crippen molar-refractivity contribution in [3.63, 3.8) is 0 Å². The van der Waals surface area contributed by atoms with E-state index < -0.39 is 0 Å². The number of benzene rings is 1. The zero-order valence-electron chi connectivity index (χ0n) is 12.3. The van der Waals surface area contributed by atoms with Crippen LogP contribution in [0.5, 0.6) is 0 Å². The Morgan fingerprint density at radius 3 is 2.21 bits per heavy atom. The molecule has 1 heteroatoms. The van der Waals surface area contributed by atoms with E-state index in [0.717, 1.165) is 5.92 Å². The molecule has 0 spiro atoms. The Kier molecular flexibility index (Phi) is 3.93. The quantitative estimate of drug-likeness (QED) is 0.756. The van der Waals surface area contributed by atoms with Crippen LogP contribution in [0.4, 0.5) is 0 Å². The molecular weight excluding hydrogens is 230 g/mol. The lowest BCUT2D eigenvalue weighted by Gasteiger charge is -2.26. The Balaban J connectivity index is 1.74. The Bertz CT molecular complexity index is 392. The number of rotatable bonds is 2. The Morgan fingerprint density at radius 1 is 0.947 bits per heavy atom. The molecule has 0 bridgehead atoms. The molecule has 1 atom stereocenters. The van der Waals surface area contributed by atoms with Crippen molar-refractivity contribution < 1.29 is 0 Å². The highest BCUT2D eigenvalue weighted by molar-refractivity contribution is 5.30. The van der Waals surface area contributed by atoms with Crippen molar-refractivity contribution >= 4 is 0 Å². The molecular formula is C18H27N. The van der Waals surface area contributed by atoms with Gasteiger partial charge in [-0.15, -0.1) is 0 Å². The molecule has 1 nitrogen and oxygen atoms in total. The molecule has 1 aliphatic carbocycles. The van der Waals surface area contributed by atoms with E-state index in [9.17, 15) is 0 Å². The maximum Gasteiger partial charge on any atom is 0.0406 e. The van der Waals surface area contributed by atoms with Crippen molar-refractivity contribution in [2.75, 3.05) is 6.54 Å². The minimum atomic E-state index is 0.224. The van der Waals surface area contributed by atoms with E-state index in [1.165, 1.54) is 63.5 Å². The molecule has 1 saturated heterocycles. The number of hydrogen-bond donors (Lipinski definition) is 1. The molecule has 1 heterocycles. The van der Waals surface area contributed by atoms with E-state index in [1.54, 1.807) is 5.56 Å². The van der Waals surface area contributed by atoms with Crippen LogP contribution in [0.1, 0.15) is 75.3 Å². The first-order valence-corrected chi connectivity index (χ1v) is 8.13. The fraction of sp³-hybridized carbons (Fsp3) is 0.667. The van der Waals surface area contributed by atoms with Crippen LogP contribution in [-0.2, 0) is 5.54 Å². The first-order valence-electron chi connectivity index (χ1n) is 8.13. The van der Waals surface area contributed by atoms with E-state index >= 15 is 0 Å². The van der Waals surface area contributed by atoms with E-state index in [1.807, 2.05) is 0 Å². The van der Waals surface area contributed by atoms with Gasteiger partial charge in [0.25, 0.3) is 0 Å². The molecule has 0 radical (unpaired) electrons. The number of hydrogen-bond acceptors (Lipinski definition) is 1. The van der Waals surface area contributed by atoms with E-state index in [4.69, 9.17) is 0 Å². The highest BCUT2D eigenvalue weighted by Gasteiger charge is 2.29. The van der Waals surface area contributed by atoms with Gasteiger partial charge in [0.05, 0.1) is 0 Å². The summed E-state index contributed by atoms with van der Waals surface area (Å²) in [5.74, 6) is 0.820. The van der Waals surface area contributed by atoms with Crippen molar-refractivity contribution in [2.45, 2.75) is 69.7 Å². The molecule has 0 aromatic heterocycles. The lowest BCUT2D eigenvalue weighted by atomic mass is 9.86. The fourth-order valence-electron chi connectivity index (χ4n) is 3.88. The van der Waals surface area contributed by atoms with Gasteiger partial charge in [-0.25, -0.2) is 0 Å². The largest absolute Gasteiger partial charge is 0.308 e. The maximum absolute atomic E-state index is 3.66. The van der Waals surface area contributed by atoms with E-state index in [-0.39, 0.29) is 5.54 Å². The first-order chi connectivity index (χ1) is 9.28. The molecule has 19 heavy (non-hydrogen) atoms. The monoisotopic (exact) mass is 257 g/mol. The van der Waals surface area contributed by atoms with Crippen molar-refractivity contribution in [2.24, 2.45) is 0 Å². The maximum atomic E-state index is 3.66. The third kappa shape index (κ3) is 2.86. The van der Waals surface area contributed by atoms with Gasteiger partial charge < -0.3 is 5.32 Å². The minimum Gasteiger partial charge on any atom is -0.308 e. The van der Waals surface area contributed by atoms with Crippen LogP contribution in [0.3, 0.4) is 0 Å². The van der Waals surface area contributed by atoms with E-state index in [2.05, 4.69) is 36.5 Å². The van der Waals surface area contributed by atoms with Gasteiger partial charge in [-0.05, 0) is 56.2 Å². The molecule has 2 aliphatic rings. The van der Waals surface area contributed by atoms with Crippen LogP contribution in [0, 0.1) is 0 Å². The summed E-state index contributed by atoms with van der Waals surface area (Å²) in [6, 6.07) is 9.55. The second-order valence-electron chi connectivity index (χ2n) is 6.67.